The average Bonchev–Trinajstić information content (AvgIpc) is 2.36. The van der Waals surface area contributed by atoms with Crippen LogP contribution in [0.1, 0.15) is 11.3 Å². The van der Waals surface area contributed by atoms with Crippen LogP contribution in [0.2, 0.25) is 0 Å². The zero-order chi connectivity index (χ0) is 13.0. The number of benzene rings is 1. The number of rotatable bonds is 2. The monoisotopic (exact) mass is 242 g/mol. The third kappa shape index (κ3) is 2.77. The van der Waals surface area contributed by atoms with Gasteiger partial charge in [0.2, 0.25) is 0 Å². The van der Waals surface area contributed by atoms with Gasteiger partial charge in [-0.05, 0) is 35.9 Å². The second kappa shape index (κ2) is 5.19. The lowest BCUT2D eigenvalue weighted by molar-refractivity contribution is 0.583. The number of hydrogen-bond donors (Lipinski definition) is 0. The fourth-order valence-corrected chi connectivity index (χ4v) is 1.51. The summed E-state index contributed by atoms with van der Waals surface area (Å²) >= 11 is 0. The van der Waals surface area contributed by atoms with Crippen LogP contribution in [0.4, 0.5) is 8.78 Å². The summed E-state index contributed by atoms with van der Waals surface area (Å²) in [6.07, 6.45) is 2.95. The molecule has 1 heterocycles. The van der Waals surface area contributed by atoms with Crippen LogP contribution in [0.3, 0.4) is 0 Å². The Balaban J connectivity index is 2.45. The minimum absolute atomic E-state index is 0.251. The van der Waals surface area contributed by atoms with Gasteiger partial charge in [-0.1, -0.05) is 6.07 Å². The molecular formula is C14H8F2N2. The van der Waals surface area contributed by atoms with Crippen molar-refractivity contribution in [2.45, 2.75) is 0 Å². The van der Waals surface area contributed by atoms with Crippen LogP contribution in [0.15, 0.2) is 42.6 Å². The molecule has 0 N–H and O–H groups in total. The summed E-state index contributed by atoms with van der Waals surface area (Å²) in [7, 11) is 0. The van der Waals surface area contributed by atoms with Crippen molar-refractivity contribution < 1.29 is 8.78 Å². The molecule has 18 heavy (non-hydrogen) atoms. The topological polar surface area (TPSA) is 36.7 Å². The molecule has 2 rings (SSSR count). The number of aromatic nitrogens is 1. The summed E-state index contributed by atoms with van der Waals surface area (Å²) in [5, 5.41) is 9.03. The van der Waals surface area contributed by atoms with Gasteiger partial charge in [-0.15, -0.1) is 0 Å². The normalized spacial score (nSPS) is 11.1. The summed E-state index contributed by atoms with van der Waals surface area (Å²) in [6, 6.07) is 10.2. The third-order valence-electron chi connectivity index (χ3n) is 2.26. The molecule has 0 saturated heterocycles. The highest BCUT2D eigenvalue weighted by molar-refractivity contribution is 5.88. The van der Waals surface area contributed by atoms with Crippen molar-refractivity contribution in [2.24, 2.45) is 0 Å². The Morgan fingerprint density at radius 1 is 1.17 bits per heavy atom. The predicted octanol–water partition coefficient (Wildman–Crippen LogP) is 3.42. The van der Waals surface area contributed by atoms with E-state index in [4.69, 9.17) is 5.26 Å². The van der Waals surface area contributed by atoms with Crippen molar-refractivity contribution in [2.75, 3.05) is 0 Å². The zero-order valence-corrected chi connectivity index (χ0v) is 9.27. The van der Waals surface area contributed by atoms with Gasteiger partial charge in [-0.2, -0.15) is 5.26 Å². The lowest BCUT2D eigenvalue weighted by atomic mass is 10.1. The lowest BCUT2D eigenvalue weighted by Crippen LogP contribution is -1.87. The molecule has 0 amide bonds. The Kier molecular flexibility index (Phi) is 3.44. The number of allylic oxidation sites excluding steroid dienone is 1. The van der Waals surface area contributed by atoms with Crippen molar-refractivity contribution >= 4 is 11.6 Å². The Hall–Kier alpha value is -2.54. The van der Waals surface area contributed by atoms with Gasteiger partial charge in [0.1, 0.15) is 17.7 Å². The highest BCUT2D eigenvalue weighted by atomic mass is 19.1. The van der Waals surface area contributed by atoms with Crippen LogP contribution < -0.4 is 0 Å². The van der Waals surface area contributed by atoms with E-state index in [1.54, 1.807) is 24.4 Å². The summed E-state index contributed by atoms with van der Waals surface area (Å²) < 4.78 is 26.0. The quantitative estimate of drug-likeness (QED) is 0.756. The van der Waals surface area contributed by atoms with Gasteiger partial charge in [0.25, 0.3) is 0 Å². The first kappa shape index (κ1) is 11.9. The molecule has 0 aliphatic carbocycles. The predicted molar refractivity (Wildman–Crippen MR) is 64.1 cm³/mol. The first-order valence-corrected chi connectivity index (χ1v) is 5.18. The first-order chi connectivity index (χ1) is 8.69. The summed E-state index contributed by atoms with van der Waals surface area (Å²) in [5.74, 6) is -1.36. The zero-order valence-electron chi connectivity index (χ0n) is 9.27. The average molecular weight is 242 g/mol. The van der Waals surface area contributed by atoms with E-state index in [9.17, 15) is 8.78 Å². The van der Waals surface area contributed by atoms with Gasteiger partial charge in [0, 0.05) is 12.3 Å². The van der Waals surface area contributed by atoms with Crippen molar-refractivity contribution in [3.05, 3.63) is 65.5 Å². The van der Waals surface area contributed by atoms with Crippen LogP contribution >= 0.6 is 0 Å². The second-order valence-electron chi connectivity index (χ2n) is 3.59. The van der Waals surface area contributed by atoms with E-state index in [2.05, 4.69) is 4.98 Å². The van der Waals surface area contributed by atoms with E-state index >= 15 is 0 Å². The molecule has 0 radical (unpaired) electrons. The fraction of sp³-hybridized carbons (Fsp3) is 0. The minimum atomic E-state index is -0.681. The van der Waals surface area contributed by atoms with Crippen LogP contribution in [0, 0.1) is 23.0 Å². The summed E-state index contributed by atoms with van der Waals surface area (Å²) in [5.41, 5.74) is 1.000. The molecule has 2 nitrogen and oxygen atoms in total. The van der Waals surface area contributed by atoms with Crippen LogP contribution in [-0.4, -0.2) is 4.98 Å². The molecule has 88 valence electrons. The molecule has 0 atom stereocenters. The van der Waals surface area contributed by atoms with Gasteiger partial charge < -0.3 is 0 Å². The largest absolute Gasteiger partial charge is 0.256 e. The molecule has 0 saturated carbocycles. The lowest BCUT2D eigenvalue weighted by Gasteiger charge is -1.99. The van der Waals surface area contributed by atoms with Crippen LogP contribution in [0.5, 0.6) is 0 Å². The number of hydrogen-bond acceptors (Lipinski definition) is 2. The van der Waals surface area contributed by atoms with Crippen molar-refractivity contribution in [3.8, 4) is 6.07 Å². The highest BCUT2D eigenvalue weighted by Gasteiger charge is 2.03. The van der Waals surface area contributed by atoms with E-state index in [-0.39, 0.29) is 11.1 Å². The maximum atomic E-state index is 13.0. The maximum Gasteiger partial charge on any atom is 0.126 e. The molecule has 0 bridgehead atoms. The summed E-state index contributed by atoms with van der Waals surface area (Å²) in [6.45, 7) is 0. The SMILES string of the molecule is N#C/C(=C\c1cc(F)cc(F)c1)c1ccccn1. The van der Waals surface area contributed by atoms with Crippen molar-refractivity contribution in [1.29, 1.82) is 5.26 Å². The summed E-state index contributed by atoms with van der Waals surface area (Å²) in [4.78, 5) is 4.01. The molecule has 2 aromatic rings. The Morgan fingerprint density at radius 2 is 1.89 bits per heavy atom. The molecule has 0 unspecified atom stereocenters. The van der Waals surface area contributed by atoms with Crippen molar-refractivity contribution in [1.82, 2.24) is 4.98 Å². The molecule has 0 spiro atoms. The standard InChI is InChI=1S/C14H8F2N2/c15-12-6-10(7-13(16)8-12)5-11(9-17)14-3-1-2-4-18-14/h1-8H/b11-5+. The van der Waals surface area contributed by atoms with E-state index in [1.807, 2.05) is 6.07 Å². The van der Waals surface area contributed by atoms with Gasteiger partial charge >= 0.3 is 0 Å². The molecular weight excluding hydrogens is 234 g/mol. The first-order valence-electron chi connectivity index (χ1n) is 5.18. The van der Waals surface area contributed by atoms with Crippen LogP contribution in [0.25, 0.3) is 11.6 Å². The Morgan fingerprint density at radius 3 is 2.44 bits per heavy atom. The van der Waals surface area contributed by atoms with Gasteiger partial charge in [0.15, 0.2) is 0 Å². The smallest absolute Gasteiger partial charge is 0.126 e. The number of pyridine rings is 1. The number of halogens is 2. The maximum absolute atomic E-state index is 13.0. The Bertz CT molecular complexity index is 608. The van der Waals surface area contributed by atoms with Gasteiger partial charge in [-0.3, -0.25) is 4.98 Å². The van der Waals surface area contributed by atoms with Crippen molar-refractivity contribution in [3.63, 3.8) is 0 Å². The van der Waals surface area contributed by atoms with E-state index < -0.39 is 11.6 Å². The van der Waals surface area contributed by atoms with E-state index in [0.29, 0.717) is 5.69 Å². The number of nitrogens with zero attached hydrogens (tertiary/aromatic N) is 2. The number of nitriles is 1. The molecule has 1 aromatic carbocycles. The molecule has 1 aromatic heterocycles. The molecule has 0 aliphatic heterocycles. The third-order valence-corrected chi connectivity index (χ3v) is 2.26. The van der Waals surface area contributed by atoms with Crippen LogP contribution in [-0.2, 0) is 0 Å². The van der Waals surface area contributed by atoms with E-state index in [1.165, 1.54) is 6.08 Å². The highest BCUT2D eigenvalue weighted by Crippen LogP contribution is 2.17. The van der Waals surface area contributed by atoms with E-state index in [0.717, 1.165) is 18.2 Å². The van der Waals surface area contributed by atoms with Gasteiger partial charge in [0.05, 0.1) is 11.3 Å². The fourth-order valence-electron chi connectivity index (χ4n) is 1.51. The molecule has 4 heteroatoms. The molecule has 0 aliphatic rings. The van der Waals surface area contributed by atoms with Gasteiger partial charge in [-0.25, -0.2) is 8.78 Å². The Labute approximate surface area is 103 Å². The minimum Gasteiger partial charge on any atom is -0.256 e. The molecule has 0 fully saturated rings. The second-order valence-corrected chi connectivity index (χ2v) is 3.59.